The molecule has 0 radical (unpaired) electrons. The van der Waals surface area contributed by atoms with Gasteiger partial charge in [-0.15, -0.1) is 0 Å². The second kappa shape index (κ2) is 13.0. The van der Waals surface area contributed by atoms with Gasteiger partial charge in [-0.3, -0.25) is 0 Å². The molecule has 128 valence electrons. The van der Waals surface area contributed by atoms with Crippen molar-refractivity contribution in [3.63, 3.8) is 0 Å². The van der Waals surface area contributed by atoms with Gasteiger partial charge in [0.25, 0.3) is 0 Å². The molecule has 0 saturated carbocycles. The third kappa shape index (κ3) is 9.08. The molecule has 0 bridgehead atoms. The van der Waals surface area contributed by atoms with Gasteiger partial charge >= 0.3 is 19.5 Å². The summed E-state index contributed by atoms with van der Waals surface area (Å²) in [6.07, 6.45) is 0. The second-order valence-corrected chi connectivity index (χ2v) is 7.05. The van der Waals surface area contributed by atoms with Crippen molar-refractivity contribution < 1.29 is 19.5 Å². The molecular weight excluding hydrogens is 422 g/mol. The van der Waals surface area contributed by atoms with Gasteiger partial charge in [0.05, 0.1) is 0 Å². The summed E-state index contributed by atoms with van der Waals surface area (Å²) in [5.41, 5.74) is 0. The summed E-state index contributed by atoms with van der Waals surface area (Å²) in [7, 11) is 3.83. The molecule has 0 amide bonds. The van der Waals surface area contributed by atoms with Crippen molar-refractivity contribution in [2.75, 3.05) is 66.5 Å². The van der Waals surface area contributed by atoms with Crippen LogP contribution in [0.5, 0.6) is 0 Å². The summed E-state index contributed by atoms with van der Waals surface area (Å²) in [5, 5.41) is 14.6. The zero-order chi connectivity index (χ0) is 16.5. The van der Waals surface area contributed by atoms with E-state index < -0.39 is 0 Å². The van der Waals surface area contributed by atoms with E-state index in [1.807, 2.05) is 24.1 Å². The minimum atomic E-state index is 0. The van der Waals surface area contributed by atoms with E-state index in [-0.39, 0.29) is 19.5 Å². The minimum absolute atomic E-state index is 0. The predicted molar refractivity (Wildman–Crippen MR) is 104 cm³/mol. The van der Waals surface area contributed by atoms with Crippen LogP contribution in [0.15, 0.2) is 0 Å². The Morgan fingerprint density at radius 3 is 1.26 bits per heavy atom. The SMILES string of the molecule is CN(C(=S)[S-])N1CCNCC1.CN(C(=S)[S-])N1CCNCC1.[Zn+2]. The van der Waals surface area contributed by atoms with Crippen molar-refractivity contribution in [3.05, 3.63) is 0 Å². The molecule has 2 N–H and O–H groups in total. The molecular formula is C12H24N6S4Zn. The van der Waals surface area contributed by atoms with Crippen molar-refractivity contribution in [2.24, 2.45) is 0 Å². The fraction of sp³-hybridized carbons (Fsp3) is 0.833. The van der Waals surface area contributed by atoms with Gasteiger partial charge in [-0.25, -0.2) is 10.0 Å². The van der Waals surface area contributed by atoms with E-state index in [0.29, 0.717) is 8.64 Å². The Labute approximate surface area is 174 Å². The number of hydrogen-bond acceptors (Lipinski definition) is 8. The monoisotopic (exact) mass is 444 g/mol. The first kappa shape index (κ1) is 23.7. The normalized spacial score (nSPS) is 18.9. The van der Waals surface area contributed by atoms with Crippen LogP contribution in [0.3, 0.4) is 0 Å². The van der Waals surface area contributed by atoms with E-state index in [9.17, 15) is 0 Å². The molecule has 0 aromatic heterocycles. The van der Waals surface area contributed by atoms with Crippen LogP contribution in [0.25, 0.3) is 0 Å². The first-order valence-corrected chi connectivity index (χ1v) is 8.87. The summed E-state index contributed by atoms with van der Waals surface area (Å²) in [4.78, 5) is 0. The Bertz CT molecular complexity index is 329. The van der Waals surface area contributed by atoms with Crippen LogP contribution in [0.1, 0.15) is 0 Å². The minimum Gasteiger partial charge on any atom is -0.410 e. The van der Waals surface area contributed by atoms with E-state index in [4.69, 9.17) is 49.7 Å². The molecule has 11 heteroatoms. The molecule has 0 aromatic carbocycles. The van der Waals surface area contributed by atoms with Gasteiger partial charge in [0.1, 0.15) is 0 Å². The third-order valence-electron chi connectivity index (χ3n) is 3.56. The Balaban J connectivity index is 0.000000403. The Morgan fingerprint density at radius 2 is 1.04 bits per heavy atom. The van der Waals surface area contributed by atoms with Crippen LogP contribution in [0.2, 0.25) is 0 Å². The van der Waals surface area contributed by atoms with Crippen LogP contribution >= 0.6 is 24.4 Å². The molecule has 2 fully saturated rings. The maximum Gasteiger partial charge on any atom is 2.00 e. The molecule has 0 aromatic rings. The second-order valence-electron chi connectivity index (χ2n) is 4.99. The van der Waals surface area contributed by atoms with Crippen LogP contribution in [0.4, 0.5) is 0 Å². The van der Waals surface area contributed by atoms with E-state index in [1.54, 1.807) is 0 Å². The molecule has 2 heterocycles. The van der Waals surface area contributed by atoms with Crippen LogP contribution in [0, 0.1) is 0 Å². The number of thiocarbonyl (C=S) groups is 2. The van der Waals surface area contributed by atoms with Gasteiger partial charge in [-0.2, -0.15) is 0 Å². The van der Waals surface area contributed by atoms with Gasteiger partial charge in [-0.05, 0) is 8.64 Å². The third-order valence-corrected chi connectivity index (χ3v) is 4.62. The van der Waals surface area contributed by atoms with E-state index in [1.165, 1.54) is 0 Å². The standard InChI is InChI=1S/2C6H13N3S2.Zn/c2*1-8(6(10)11)9-4-2-7-3-5-9;/h2*7H,2-5H2,1H3,(H,10,11);/q;;+2/p-2. The molecule has 2 aliphatic heterocycles. The summed E-state index contributed by atoms with van der Waals surface area (Å²) >= 11 is 19.5. The average molecular weight is 446 g/mol. The molecule has 2 rings (SSSR count). The molecule has 2 aliphatic rings. The number of nitrogens with zero attached hydrogens (tertiary/aromatic N) is 4. The fourth-order valence-electron chi connectivity index (χ4n) is 2.14. The van der Waals surface area contributed by atoms with Crippen LogP contribution in [-0.2, 0) is 44.7 Å². The number of nitrogens with one attached hydrogen (secondary N) is 2. The zero-order valence-electron chi connectivity index (χ0n) is 13.8. The summed E-state index contributed by atoms with van der Waals surface area (Å²) in [5.74, 6) is 0. The molecule has 23 heavy (non-hydrogen) atoms. The number of hydrazine groups is 2. The van der Waals surface area contributed by atoms with Crippen LogP contribution < -0.4 is 10.6 Å². The Kier molecular flexibility index (Phi) is 13.3. The summed E-state index contributed by atoms with van der Waals surface area (Å²) in [6.45, 7) is 8.04. The molecule has 2 saturated heterocycles. The van der Waals surface area contributed by atoms with E-state index >= 15 is 0 Å². The van der Waals surface area contributed by atoms with Crippen molar-refractivity contribution in [3.8, 4) is 0 Å². The van der Waals surface area contributed by atoms with Gasteiger partial charge in [0, 0.05) is 66.5 Å². The van der Waals surface area contributed by atoms with Crippen LogP contribution in [-0.4, -0.2) is 95.1 Å². The first-order chi connectivity index (χ1) is 10.4. The largest absolute Gasteiger partial charge is 2.00 e. The number of rotatable bonds is 2. The fourth-order valence-corrected chi connectivity index (χ4v) is 2.60. The maximum atomic E-state index is 4.88. The van der Waals surface area contributed by atoms with Crippen molar-refractivity contribution in [1.29, 1.82) is 0 Å². The molecule has 6 nitrogen and oxygen atoms in total. The van der Waals surface area contributed by atoms with Gasteiger partial charge in [0.2, 0.25) is 0 Å². The first-order valence-electron chi connectivity index (χ1n) is 7.24. The van der Waals surface area contributed by atoms with Gasteiger partial charge in [0.15, 0.2) is 0 Å². The number of piperazine rings is 2. The predicted octanol–water partition coefficient (Wildman–Crippen LogP) is -0.862. The average Bonchev–Trinajstić information content (AvgIpc) is 2.55. The maximum absolute atomic E-state index is 4.88. The molecule has 0 unspecified atom stereocenters. The van der Waals surface area contributed by atoms with Gasteiger partial charge in [-0.1, -0.05) is 0 Å². The smallest absolute Gasteiger partial charge is 0.410 e. The van der Waals surface area contributed by atoms with E-state index in [0.717, 1.165) is 52.4 Å². The van der Waals surface area contributed by atoms with E-state index in [2.05, 4.69) is 20.7 Å². The molecule has 0 spiro atoms. The molecule has 0 atom stereocenters. The van der Waals surface area contributed by atoms with Crippen molar-refractivity contribution in [2.45, 2.75) is 0 Å². The number of hydrogen-bond donors (Lipinski definition) is 2. The van der Waals surface area contributed by atoms with Crippen molar-refractivity contribution >= 4 is 58.3 Å². The molecule has 0 aliphatic carbocycles. The zero-order valence-corrected chi connectivity index (χ0v) is 20.0. The summed E-state index contributed by atoms with van der Waals surface area (Å²) in [6, 6.07) is 0. The van der Waals surface area contributed by atoms with Crippen molar-refractivity contribution in [1.82, 2.24) is 30.7 Å². The van der Waals surface area contributed by atoms with Gasteiger partial charge < -0.3 is 70.3 Å². The quantitative estimate of drug-likeness (QED) is 0.318. The Morgan fingerprint density at radius 1 is 0.783 bits per heavy atom. The Hall–Kier alpha value is 0.683. The topological polar surface area (TPSA) is 37.0 Å². The summed E-state index contributed by atoms with van der Waals surface area (Å²) < 4.78 is 1.04.